The first-order chi connectivity index (χ1) is 12.6. The molecule has 6 heteroatoms. The van der Waals surface area contributed by atoms with E-state index in [1.165, 1.54) is 6.07 Å². The van der Waals surface area contributed by atoms with E-state index in [4.69, 9.17) is 4.74 Å². The van der Waals surface area contributed by atoms with Crippen LogP contribution in [-0.4, -0.2) is 51.8 Å². The maximum atomic E-state index is 13.0. The molecular formula is C21H32N2O4. The van der Waals surface area contributed by atoms with E-state index in [9.17, 15) is 14.7 Å². The summed E-state index contributed by atoms with van der Waals surface area (Å²) in [7, 11) is 0. The van der Waals surface area contributed by atoms with E-state index < -0.39 is 0 Å². The number of likely N-dealkylation sites (tertiary alicyclic amines) is 1. The molecule has 2 aliphatic rings. The monoisotopic (exact) mass is 376 g/mol. The lowest BCUT2D eigenvalue weighted by molar-refractivity contribution is -0.205. The van der Waals surface area contributed by atoms with E-state index in [1.807, 2.05) is 11.8 Å². The first kappa shape index (κ1) is 20.1. The summed E-state index contributed by atoms with van der Waals surface area (Å²) in [5, 5.41) is 10.4. The van der Waals surface area contributed by atoms with Crippen LogP contribution in [-0.2, 0) is 11.2 Å². The largest absolute Gasteiger partial charge is 0.393 e. The van der Waals surface area contributed by atoms with Gasteiger partial charge in [-0.1, -0.05) is 27.7 Å². The van der Waals surface area contributed by atoms with E-state index in [0.29, 0.717) is 43.6 Å². The van der Waals surface area contributed by atoms with Gasteiger partial charge < -0.3 is 19.7 Å². The summed E-state index contributed by atoms with van der Waals surface area (Å²) in [6.07, 6.45) is 3.05. The highest BCUT2D eigenvalue weighted by Crippen LogP contribution is 2.42. The molecule has 2 aliphatic heterocycles. The number of aromatic nitrogens is 1. The van der Waals surface area contributed by atoms with Crippen molar-refractivity contribution < 1.29 is 14.6 Å². The second-order valence-corrected chi connectivity index (χ2v) is 9.11. The van der Waals surface area contributed by atoms with Crippen LogP contribution in [0.25, 0.3) is 0 Å². The Hall–Kier alpha value is -1.66. The van der Waals surface area contributed by atoms with Crippen molar-refractivity contribution in [3.8, 4) is 0 Å². The Bertz CT molecular complexity index is 741. The van der Waals surface area contributed by atoms with Crippen LogP contribution in [0, 0.1) is 5.41 Å². The summed E-state index contributed by atoms with van der Waals surface area (Å²) in [6, 6.07) is 3.03. The Kier molecular flexibility index (Phi) is 5.50. The molecule has 3 rings (SSSR count). The molecule has 0 saturated carbocycles. The topological polar surface area (TPSA) is 82.6 Å². The summed E-state index contributed by atoms with van der Waals surface area (Å²) < 4.78 is 6.50. The van der Waals surface area contributed by atoms with Crippen LogP contribution < -0.4 is 5.56 Å². The third kappa shape index (κ3) is 4.27. The summed E-state index contributed by atoms with van der Waals surface area (Å²) >= 11 is 0. The van der Waals surface area contributed by atoms with Crippen LogP contribution in [0.5, 0.6) is 0 Å². The third-order valence-corrected chi connectivity index (χ3v) is 6.00. The van der Waals surface area contributed by atoms with Crippen molar-refractivity contribution in [3.63, 3.8) is 0 Å². The predicted octanol–water partition coefficient (Wildman–Crippen LogP) is 2.50. The van der Waals surface area contributed by atoms with Crippen molar-refractivity contribution >= 4 is 5.91 Å². The molecule has 0 radical (unpaired) electrons. The number of amides is 1. The van der Waals surface area contributed by atoms with Crippen LogP contribution in [0.15, 0.2) is 16.9 Å². The molecule has 0 aromatic carbocycles. The van der Waals surface area contributed by atoms with Gasteiger partial charge in [0.25, 0.3) is 5.91 Å². The van der Waals surface area contributed by atoms with Crippen molar-refractivity contribution in [1.82, 2.24) is 9.88 Å². The molecule has 0 unspecified atom stereocenters. The van der Waals surface area contributed by atoms with Gasteiger partial charge in [0.05, 0.1) is 23.4 Å². The zero-order valence-corrected chi connectivity index (χ0v) is 16.9. The highest BCUT2D eigenvalue weighted by molar-refractivity contribution is 5.95. The number of nitrogens with one attached hydrogen (secondary N) is 1. The quantitative estimate of drug-likeness (QED) is 0.831. The lowest BCUT2D eigenvalue weighted by Crippen LogP contribution is -2.55. The minimum absolute atomic E-state index is 0.0205. The fraction of sp³-hybridized carbons (Fsp3) is 0.714. The third-order valence-electron chi connectivity index (χ3n) is 6.00. The first-order valence-electron chi connectivity index (χ1n) is 10.0. The van der Waals surface area contributed by atoms with E-state index in [0.717, 1.165) is 12.8 Å². The number of hydrogen-bond donors (Lipinski definition) is 2. The van der Waals surface area contributed by atoms with Gasteiger partial charge in [-0.25, -0.2) is 0 Å². The number of pyridine rings is 1. The van der Waals surface area contributed by atoms with Crippen LogP contribution in [0.2, 0.25) is 0 Å². The maximum Gasteiger partial charge on any atom is 0.255 e. The highest BCUT2D eigenvalue weighted by atomic mass is 16.5. The van der Waals surface area contributed by atoms with E-state index in [2.05, 4.69) is 25.8 Å². The van der Waals surface area contributed by atoms with Gasteiger partial charge in [-0.05, 0) is 30.7 Å². The number of ether oxygens (including phenoxy) is 1. The van der Waals surface area contributed by atoms with E-state index >= 15 is 0 Å². The number of aliphatic hydroxyl groups is 1. The molecule has 2 fully saturated rings. The summed E-state index contributed by atoms with van der Waals surface area (Å²) in [5.74, 6) is -0.0401. The smallest absolute Gasteiger partial charge is 0.255 e. The van der Waals surface area contributed by atoms with Gasteiger partial charge in [-0.2, -0.15) is 0 Å². The number of aryl methyl sites for hydroxylation is 1. The highest BCUT2D eigenvalue weighted by Gasteiger charge is 2.46. The molecule has 2 atom stereocenters. The molecule has 0 bridgehead atoms. The number of carbonyl (C=O) groups excluding carboxylic acids is 1. The Labute approximate surface area is 160 Å². The van der Waals surface area contributed by atoms with Crippen LogP contribution in [0.4, 0.5) is 0 Å². The molecule has 6 nitrogen and oxygen atoms in total. The molecule has 1 amide bonds. The van der Waals surface area contributed by atoms with Crippen molar-refractivity contribution in [3.05, 3.63) is 33.7 Å². The second kappa shape index (κ2) is 7.40. The van der Waals surface area contributed by atoms with Gasteiger partial charge in [-0.15, -0.1) is 0 Å². The van der Waals surface area contributed by atoms with Crippen molar-refractivity contribution in [2.24, 2.45) is 5.41 Å². The minimum atomic E-state index is -0.351. The van der Waals surface area contributed by atoms with Crippen molar-refractivity contribution in [2.45, 2.75) is 77.6 Å². The molecular weight excluding hydrogens is 344 g/mol. The predicted molar refractivity (Wildman–Crippen MR) is 104 cm³/mol. The molecule has 27 heavy (non-hydrogen) atoms. The molecule has 150 valence electrons. The van der Waals surface area contributed by atoms with Gasteiger partial charge in [0.2, 0.25) is 5.56 Å². The van der Waals surface area contributed by atoms with Crippen molar-refractivity contribution in [1.29, 1.82) is 0 Å². The lowest BCUT2D eigenvalue weighted by Gasteiger charge is -2.50. The van der Waals surface area contributed by atoms with Crippen LogP contribution in [0.3, 0.4) is 0 Å². The standard InChI is InChI=1S/C21H32N2O4/c1-5-16-15(6-7-18(25)22-16)19(26)23-10-8-21(9-11-23)13-14(24)12-17(27-21)20(2,3)4/h6-7,14,17,24H,5,8-13H2,1-4H3,(H,22,25)/t14-,17-/m1/s1. The Balaban J connectivity index is 1.71. The fourth-order valence-electron chi connectivity index (χ4n) is 4.29. The minimum Gasteiger partial charge on any atom is -0.393 e. The Morgan fingerprint density at radius 1 is 1.33 bits per heavy atom. The number of H-pyrrole nitrogens is 1. The molecule has 1 aromatic rings. The van der Waals surface area contributed by atoms with Gasteiger partial charge in [0.1, 0.15) is 0 Å². The SMILES string of the molecule is CCc1[nH]c(=O)ccc1C(=O)N1CCC2(CC1)C[C@H](O)C[C@H](C(C)(C)C)O2. The summed E-state index contributed by atoms with van der Waals surface area (Å²) in [6.45, 7) is 9.56. The number of carbonyl (C=O) groups is 1. The average molecular weight is 376 g/mol. The maximum absolute atomic E-state index is 13.0. The molecule has 1 aromatic heterocycles. The zero-order chi connectivity index (χ0) is 19.8. The van der Waals surface area contributed by atoms with Gasteiger partial charge in [0.15, 0.2) is 0 Å². The number of hydrogen-bond acceptors (Lipinski definition) is 4. The Morgan fingerprint density at radius 3 is 2.59 bits per heavy atom. The summed E-state index contributed by atoms with van der Waals surface area (Å²) in [4.78, 5) is 29.1. The van der Waals surface area contributed by atoms with E-state index in [1.54, 1.807) is 6.07 Å². The van der Waals surface area contributed by atoms with Crippen LogP contribution >= 0.6 is 0 Å². The number of piperidine rings is 1. The molecule has 0 aliphatic carbocycles. The molecule has 2 N–H and O–H groups in total. The van der Waals surface area contributed by atoms with Crippen molar-refractivity contribution in [2.75, 3.05) is 13.1 Å². The first-order valence-corrected chi connectivity index (χ1v) is 10.0. The normalized spacial score (nSPS) is 25.6. The van der Waals surface area contributed by atoms with Gasteiger partial charge in [-0.3, -0.25) is 9.59 Å². The number of rotatable bonds is 2. The average Bonchev–Trinajstić information content (AvgIpc) is 2.60. The fourth-order valence-corrected chi connectivity index (χ4v) is 4.29. The van der Waals surface area contributed by atoms with E-state index in [-0.39, 0.29) is 34.7 Å². The second-order valence-electron chi connectivity index (χ2n) is 9.11. The van der Waals surface area contributed by atoms with Gasteiger partial charge in [0, 0.05) is 37.7 Å². The Morgan fingerprint density at radius 2 is 2.00 bits per heavy atom. The molecule has 1 spiro atoms. The number of nitrogens with zero attached hydrogens (tertiary/aromatic N) is 1. The summed E-state index contributed by atoms with van der Waals surface area (Å²) in [5.41, 5.74) is 0.715. The molecule has 3 heterocycles. The zero-order valence-electron chi connectivity index (χ0n) is 16.9. The number of aliphatic hydroxyl groups excluding tert-OH is 1. The van der Waals surface area contributed by atoms with Gasteiger partial charge >= 0.3 is 0 Å². The lowest BCUT2D eigenvalue weighted by atomic mass is 9.76. The molecule has 2 saturated heterocycles. The van der Waals surface area contributed by atoms with Crippen LogP contribution in [0.1, 0.15) is 69.4 Å². The number of aromatic amines is 1.